The molecule has 2 rings (SSSR count). The lowest BCUT2D eigenvalue weighted by Crippen LogP contribution is -2.41. The highest BCUT2D eigenvalue weighted by Crippen LogP contribution is 2.37. The van der Waals surface area contributed by atoms with Gasteiger partial charge in [0.05, 0.1) is 11.2 Å². The molecule has 0 radical (unpaired) electrons. The molecule has 4 heteroatoms. The van der Waals surface area contributed by atoms with Crippen LogP contribution in [0.1, 0.15) is 43.7 Å². The van der Waals surface area contributed by atoms with Crippen LogP contribution < -0.4 is 0 Å². The molecule has 2 nitrogen and oxygen atoms in total. The molecule has 1 aliphatic heterocycles. The minimum absolute atomic E-state index is 0.255. The zero-order valence-electron chi connectivity index (χ0n) is 12.0. The van der Waals surface area contributed by atoms with Crippen molar-refractivity contribution in [3.8, 4) is 0 Å². The van der Waals surface area contributed by atoms with Crippen LogP contribution in [0.25, 0.3) is 6.08 Å². The van der Waals surface area contributed by atoms with Crippen molar-refractivity contribution in [3.63, 3.8) is 0 Å². The van der Waals surface area contributed by atoms with Gasteiger partial charge in [-0.3, -0.25) is 0 Å². The van der Waals surface area contributed by atoms with Crippen LogP contribution in [0.5, 0.6) is 0 Å². The third-order valence-corrected chi connectivity index (χ3v) is 5.06. The highest BCUT2D eigenvalue weighted by Gasteiger charge is 2.49. The fourth-order valence-electron chi connectivity index (χ4n) is 1.85. The van der Waals surface area contributed by atoms with E-state index in [-0.39, 0.29) is 18.3 Å². The lowest BCUT2D eigenvalue weighted by Gasteiger charge is -2.32. The minimum Gasteiger partial charge on any atom is -0.400 e. The van der Waals surface area contributed by atoms with Crippen LogP contribution in [0.2, 0.25) is 0 Å². The summed E-state index contributed by atoms with van der Waals surface area (Å²) in [5, 5.41) is 2.17. The Hall–Kier alpha value is -0.575. The first-order valence-electron chi connectivity index (χ1n) is 6.31. The van der Waals surface area contributed by atoms with Crippen molar-refractivity contribution in [1.29, 1.82) is 0 Å². The van der Waals surface area contributed by atoms with Gasteiger partial charge in [0, 0.05) is 4.88 Å². The maximum absolute atomic E-state index is 5.93. The molecule has 98 valence electrons. The van der Waals surface area contributed by atoms with Crippen molar-refractivity contribution in [2.24, 2.45) is 0 Å². The van der Waals surface area contributed by atoms with Crippen LogP contribution >= 0.6 is 11.3 Å². The molecular formula is C14H21BO2S. The maximum atomic E-state index is 5.93. The van der Waals surface area contributed by atoms with E-state index in [1.807, 2.05) is 5.98 Å². The summed E-state index contributed by atoms with van der Waals surface area (Å²) in [6.07, 6.45) is 2.10. The van der Waals surface area contributed by atoms with Gasteiger partial charge in [-0.15, -0.1) is 11.3 Å². The molecule has 0 amide bonds. The Bertz CT molecular complexity index is 458. The molecule has 0 spiro atoms. The van der Waals surface area contributed by atoms with Crippen LogP contribution in [-0.2, 0) is 9.31 Å². The van der Waals surface area contributed by atoms with Crippen molar-refractivity contribution in [3.05, 3.63) is 27.4 Å². The van der Waals surface area contributed by atoms with Crippen LogP contribution in [-0.4, -0.2) is 18.3 Å². The Balaban J connectivity index is 2.11. The van der Waals surface area contributed by atoms with Crippen molar-refractivity contribution in [1.82, 2.24) is 0 Å². The Labute approximate surface area is 114 Å². The smallest absolute Gasteiger partial charge is 0.400 e. The molecule has 1 saturated heterocycles. The van der Waals surface area contributed by atoms with E-state index in [9.17, 15) is 0 Å². The number of hydrogen-bond donors (Lipinski definition) is 0. The van der Waals surface area contributed by atoms with E-state index in [1.54, 1.807) is 11.3 Å². The first-order valence-corrected chi connectivity index (χ1v) is 7.19. The van der Waals surface area contributed by atoms with Crippen molar-refractivity contribution < 1.29 is 9.31 Å². The van der Waals surface area contributed by atoms with Gasteiger partial charge in [-0.1, -0.05) is 12.1 Å². The summed E-state index contributed by atoms with van der Waals surface area (Å²) >= 11 is 1.78. The Morgan fingerprint density at radius 3 is 2.11 bits per heavy atom. The summed E-state index contributed by atoms with van der Waals surface area (Å²) in [5.74, 6) is 2.00. The molecule has 0 aromatic carbocycles. The number of aryl methyl sites for hydroxylation is 1. The molecule has 1 aromatic rings. The second-order valence-electron chi connectivity index (χ2n) is 5.86. The lowest BCUT2D eigenvalue weighted by molar-refractivity contribution is 0.00578. The van der Waals surface area contributed by atoms with Gasteiger partial charge in [0.2, 0.25) is 0 Å². The molecule has 2 heterocycles. The Morgan fingerprint density at radius 2 is 1.67 bits per heavy atom. The normalized spacial score (nSPS) is 22.0. The van der Waals surface area contributed by atoms with Gasteiger partial charge in [0.15, 0.2) is 0 Å². The molecule has 1 aliphatic rings. The Kier molecular flexibility index (Phi) is 3.47. The predicted octanol–water partition coefficient (Wildman–Crippen LogP) is 4.01. The van der Waals surface area contributed by atoms with Gasteiger partial charge in [0.25, 0.3) is 0 Å². The molecule has 0 unspecified atom stereocenters. The lowest BCUT2D eigenvalue weighted by atomic mass is 9.89. The highest BCUT2D eigenvalue weighted by atomic mass is 32.1. The monoisotopic (exact) mass is 264 g/mol. The number of rotatable bonds is 2. The average molecular weight is 264 g/mol. The fraction of sp³-hybridized carbons (Fsp3) is 0.571. The number of thiophene rings is 1. The average Bonchev–Trinajstić information content (AvgIpc) is 2.65. The molecule has 0 aliphatic carbocycles. The molecular weight excluding hydrogens is 243 g/mol. The van der Waals surface area contributed by atoms with Gasteiger partial charge in [-0.05, 0) is 58.0 Å². The zero-order chi connectivity index (χ0) is 13.6. The first kappa shape index (κ1) is 13.8. The SMILES string of the molecule is Cc1scc(/C=C/B2OC(C)(C)C(C)(C)O2)c1C. The van der Waals surface area contributed by atoms with E-state index in [0.29, 0.717) is 0 Å². The van der Waals surface area contributed by atoms with Gasteiger partial charge < -0.3 is 9.31 Å². The zero-order valence-corrected chi connectivity index (χ0v) is 12.9. The fourth-order valence-corrected chi connectivity index (χ4v) is 2.70. The quantitative estimate of drug-likeness (QED) is 0.751. The van der Waals surface area contributed by atoms with E-state index in [1.165, 1.54) is 16.0 Å². The van der Waals surface area contributed by atoms with E-state index in [4.69, 9.17) is 9.31 Å². The largest absolute Gasteiger partial charge is 0.487 e. The van der Waals surface area contributed by atoms with Crippen LogP contribution in [0.3, 0.4) is 0 Å². The Morgan fingerprint density at radius 1 is 1.11 bits per heavy atom. The first-order chi connectivity index (χ1) is 8.23. The van der Waals surface area contributed by atoms with Crippen molar-refractivity contribution in [2.75, 3.05) is 0 Å². The summed E-state index contributed by atoms with van der Waals surface area (Å²) in [6, 6.07) is 0. The molecule has 0 saturated carbocycles. The van der Waals surface area contributed by atoms with Gasteiger partial charge in [-0.25, -0.2) is 0 Å². The van der Waals surface area contributed by atoms with Crippen molar-refractivity contribution >= 4 is 24.5 Å². The third kappa shape index (κ3) is 2.42. The van der Waals surface area contributed by atoms with E-state index in [0.717, 1.165) is 0 Å². The molecule has 0 atom stereocenters. The number of hydrogen-bond acceptors (Lipinski definition) is 3. The summed E-state index contributed by atoms with van der Waals surface area (Å²) in [4.78, 5) is 1.36. The maximum Gasteiger partial charge on any atom is 0.487 e. The summed E-state index contributed by atoms with van der Waals surface area (Å²) in [5.41, 5.74) is 2.07. The summed E-state index contributed by atoms with van der Waals surface area (Å²) < 4.78 is 11.9. The van der Waals surface area contributed by atoms with Crippen LogP contribution in [0.4, 0.5) is 0 Å². The molecule has 0 N–H and O–H groups in total. The topological polar surface area (TPSA) is 18.5 Å². The van der Waals surface area contributed by atoms with E-state index in [2.05, 4.69) is 53.0 Å². The van der Waals surface area contributed by atoms with E-state index < -0.39 is 0 Å². The van der Waals surface area contributed by atoms with Gasteiger partial charge >= 0.3 is 7.12 Å². The highest BCUT2D eigenvalue weighted by molar-refractivity contribution is 7.10. The van der Waals surface area contributed by atoms with Crippen molar-refractivity contribution in [2.45, 2.75) is 52.7 Å². The van der Waals surface area contributed by atoms with Gasteiger partial charge in [0.1, 0.15) is 0 Å². The molecule has 1 aromatic heterocycles. The molecule has 0 bridgehead atoms. The minimum atomic E-state index is -0.262. The summed E-state index contributed by atoms with van der Waals surface area (Å²) in [6.45, 7) is 12.6. The van der Waals surface area contributed by atoms with E-state index >= 15 is 0 Å². The second-order valence-corrected chi connectivity index (χ2v) is 6.94. The second kappa shape index (κ2) is 4.51. The molecule has 1 fully saturated rings. The molecule has 18 heavy (non-hydrogen) atoms. The third-order valence-electron chi connectivity index (χ3n) is 4.03. The predicted molar refractivity (Wildman–Crippen MR) is 78.9 cm³/mol. The standard InChI is InChI=1S/C14H21BO2S/c1-10-11(2)18-9-12(10)7-8-15-16-13(3,4)14(5,6)17-15/h7-9H,1-6H3/b8-7+. The summed E-state index contributed by atoms with van der Waals surface area (Å²) in [7, 11) is -0.255. The van der Waals surface area contributed by atoms with Crippen LogP contribution in [0.15, 0.2) is 11.4 Å². The van der Waals surface area contributed by atoms with Crippen LogP contribution in [0, 0.1) is 13.8 Å². The van der Waals surface area contributed by atoms with Gasteiger partial charge in [-0.2, -0.15) is 0 Å².